The van der Waals surface area contributed by atoms with Gasteiger partial charge in [-0.25, -0.2) is 9.48 Å². The lowest BCUT2D eigenvalue weighted by Crippen LogP contribution is -2.57. The van der Waals surface area contributed by atoms with Crippen molar-refractivity contribution in [1.29, 1.82) is 0 Å². The highest BCUT2D eigenvalue weighted by atomic mass is 16.5. The predicted molar refractivity (Wildman–Crippen MR) is 92.6 cm³/mol. The zero-order valence-corrected chi connectivity index (χ0v) is 14.6. The Hall–Kier alpha value is -1.89. The van der Waals surface area contributed by atoms with Gasteiger partial charge in [-0.15, -0.1) is 0 Å². The Morgan fingerprint density at radius 2 is 2.00 bits per heavy atom. The number of aryl methyl sites for hydroxylation is 2. The van der Waals surface area contributed by atoms with Gasteiger partial charge < -0.3 is 15.0 Å². The molecule has 1 N–H and O–H groups in total. The number of nitrogens with zero attached hydrogens (tertiary/aromatic N) is 3. The molecular formula is C18H26N4O3. The quantitative estimate of drug-likeness (QED) is 0.884. The molecule has 3 heterocycles. The van der Waals surface area contributed by atoms with Gasteiger partial charge in [0.2, 0.25) is 0 Å². The summed E-state index contributed by atoms with van der Waals surface area (Å²) in [5.41, 5.74) is 2.20. The first-order chi connectivity index (χ1) is 12.2. The van der Waals surface area contributed by atoms with E-state index in [1.807, 2.05) is 4.90 Å². The van der Waals surface area contributed by atoms with Gasteiger partial charge in [0.05, 0.1) is 12.2 Å². The Morgan fingerprint density at radius 1 is 1.24 bits per heavy atom. The summed E-state index contributed by atoms with van der Waals surface area (Å²) in [7, 11) is 0. The Kier molecular flexibility index (Phi) is 4.74. The fraction of sp³-hybridized carbons (Fsp3) is 0.722. The van der Waals surface area contributed by atoms with Gasteiger partial charge in [-0.2, -0.15) is 5.10 Å². The normalized spacial score (nSPS) is 21.5. The molecule has 0 unspecified atom stereocenters. The van der Waals surface area contributed by atoms with Gasteiger partial charge in [-0.1, -0.05) is 0 Å². The largest absolute Gasteiger partial charge is 0.381 e. The van der Waals surface area contributed by atoms with Crippen molar-refractivity contribution in [2.45, 2.75) is 51.1 Å². The highest BCUT2D eigenvalue weighted by Crippen LogP contribution is 2.20. The lowest BCUT2D eigenvalue weighted by atomic mass is 9.97. The molecule has 1 aromatic rings. The van der Waals surface area contributed by atoms with Crippen LogP contribution in [0.3, 0.4) is 0 Å². The van der Waals surface area contributed by atoms with E-state index in [-0.39, 0.29) is 17.6 Å². The monoisotopic (exact) mass is 346 g/mol. The number of rotatable bonds is 3. The first-order valence-corrected chi connectivity index (χ1v) is 9.42. The van der Waals surface area contributed by atoms with Crippen LogP contribution < -0.4 is 10.9 Å². The summed E-state index contributed by atoms with van der Waals surface area (Å²) in [6, 6.07) is 2.00. The van der Waals surface area contributed by atoms with Crippen LogP contribution in [0.4, 0.5) is 4.79 Å². The van der Waals surface area contributed by atoms with E-state index < -0.39 is 0 Å². The molecule has 136 valence electrons. The van der Waals surface area contributed by atoms with Crippen LogP contribution in [0.1, 0.15) is 36.9 Å². The maximum atomic E-state index is 12.2. The number of nitrogens with one attached hydrogen (secondary N) is 1. The predicted octanol–water partition coefficient (Wildman–Crippen LogP) is 0.942. The van der Waals surface area contributed by atoms with Crippen molar-refractivity contribution in [2.75, 3.05) is 26.3 Å². The molecule has 2 aliphatic heterocycles. The van der Waals surface area contributed by atoms with Crippen LogP contribution in [0.25, 0.3) is 0 Å². The van der Waals surface area contributed by atoms with E-state index in [0.717, 1.165) is 63.0 Å². The first-order valence-electron chi connectivity index (χ1n) is 9.42. The molecule has 2 saturated heterocycles. The number of aromatic nitrogens is 2. The zero-order chi connectivity index (χ0) is 17.2. The van der Waals surface area contributed by atoms with Crippen LogP contribution in [0.5, 0.6) is 0 Å². The molecule has 1 aromatic heterocycles. The molecule has 2 amide bonds. The number of ether oxygens (including phenoxy) is 1. The van der Waals surface area contributed by atoms with Crippen molar-refractivity contribution in [3.8, 4) is 0 Å². The molecule has 0 radical (unpaired) electrons. The Balaban J connectivity index is 1.29. The molecule has 7 heteroatoms. The number of hydrogen-bond donors (Lipinski definition) is 1. The lowest BCUT2D eigenvalue weighted by Gasteiger charge is -2.40. The standard InChI is InChI=1S/C18H26N4O3/c23-17-9-14-3-1-2-4-16(14)20-22(17)12-13-10-21(11-13)18(24)19-15-5-7-25-8-6-15/h9,13,15H,1-8,10-12H2,(H,19,24). The minimum Gasteiger partial charge on any atom is -0.381 e. The van der Waals surface area contributed by atoms with Gasteiger partial charge in [-0.05, 0) is 44.1 Å². The smallest absolute Gasteiger partial charge is 0.317 e. The minimum atomic E-state index is -0.00856. The second-order valence-electron chi connectivity index (χ2n) is 7.45. The van der Waals surface area contributed by atoms with Crippen molar-refractivity contribution >= 4 is 6.03 Å². The molecule has 0 spiro atoms. The third kappa shape index (κ3) is 3.71. The Morgan fingerprint density at radius 3 is 2.80 bits per heavy atom. The number of likely N-dealkylation sites (tertiary alicyclic amines) is 1. The van der Waals surface area contributed by atoms with Crippen LogP contribution in [0.15, 0.2) is 10.9 Å². The average Bonchev–Trinajstić information content (AvgIpc) is 2.58. The number of amides is 2. The molecule has 7 nitrogen and oxygen atoms in total. The van der Waals surface area contributed by atoms with Gasteiger partial charge in [-0.3, -0.25) is 4.79 Å². The van der Waals surface area contributed by atoms with Crippen molar-refractivity contribution < 1.29 is 9.53 Å². The number of fused-ring (bicyclic) bond motifs is 1. The second-order valence-corrected chi connectivity index (χ2v) is 7.45. The molecule has 25 heavy (non-hydrogen) atoms. The van der Waals surface area contributed by atoms with Gasteiger partial charge >= 0.3 is 6.03 Å². The van der Waals surface area contributed by atoms with Crippen LogP contribution in [-0.4, -0.2) is 53.1 Å². The molecule has 1 aliphatic carbocycles. The van der Waals surface area contributed by atoms with Gasteiger partial charge in [0.15, 0.2) is 0 Å². The molecule has 0 aromatic carbocycles. The van der Waals surface area contributed by atoms with E-state index >= 15 is 0 Å². The lowest BCUT2D eigenvalue weighted by molar-refractivity contribution is 0.0703. The maximum absolute atomic E-state index is 12.2. The van der Waals surface area contributed by atoms with Crippen molar-refractivity contribution in [3.63, 3.8) is 0 Å². The summed E-state index contributed by atoms with van der Waals surface area (Å²) in [5.74, 6) is 0.312. The van der Waals surface area contributed by atoms with Gasteiger partial charge in [0, 0.05) is 44.3 Å². The number of urea groups is 1. The van der Waals surface area contributed by atoms with E-state index in [1.54, 1.807) is 10.7 Å². The summed E-state index contributed by atoms with van der Waals surface area (Å²) in [4.78, 5) is 26.3. The van der Waals surface area contributed by atoms with E-state index in [0.29, 0.717) is 25.6 Å². The Bertz CT molecular complexity index is 690. The van der Waals surface area contributed by atoms with Crippen molar-refractivity contribution in [2.24, 2.45) is 5.92 Å². The topological polar surface area (TPSA) is 76.5 Å². The fourth-order valence-electron chi connectivity index (χ4n) is 3.94. The van der Waals surface area contributed by atoms with Gasteiger partial charge in [0.1, 0.15) is 0 Å². The molecule has 3 aliphatic rings. The summed E-state index contributed by atoms with van der Waals surface area (Å²) in [6.45, 7) is 3.44. The average molecular weight is 346 g/mol. The number of hydrogen-bond acceptors (Lipinski definition) is 4. The van der Waals surface area contributed by atoms with E-state index in [9.17, 15) is 9.59 Å². The number of carbonyl (C=O) groups is 1. The molecule has 0 atom stereocenters. The summed E-state index contributed by atoms with van der Waals surface area (Å²) in [5, 5.41) is 7.65. The van der Waals surface area contributed by atoms with Crippen molar-refractivity contribution in [1.82, 2.24) is 20.0 Å². The molecule has 0 saturated carbocycles. The van der Waals surface area contributed by atoms with Gasteiger partial charge in [0.25, 0.3) is 5.56 Å². The summed E-state index contributed by atoms with van der Waals surface area (Å²) >= 11 is 0. The highest BCUT2D eigenvalue weighted by molar-refractivity contribution is 5.75. The summed E-state index contributed by atoms with van der Waals surface area (Å²) in [6.07, 6.45) is 6.02. The molecule has 0 bridgehead atoms. The van der Waals surface area contributed by atoms with Crippen LogP contribution in [0.2, 0.25) is 0 Å². The van der Waals surface area contributed by atoms with Crippen molar-refractivity contribution in [3.05, 3.63) is 27.7 Å². The first kappa shape index (κ1) is 16.6. The minimum absolute atomic E-state index is 0.00824. The SMILES string of the molecule is O=C(NC1CCOCC1)N1CC(Cn2nc3c(cc2=O)CCCC3)C1. The maximum Gasteiger partial charge on any atom is 0.317 e. The van der Waals surface area contributed by atoms with Crippen LogP contribution in [-0.2, 0) is 24.1 Å². The number of carbonyl (C=O) groups excluding carboxylic acids is 1. The molecule has 2 fully saturated rings. The Labute approximate surface area is 147 Å². The van der Waals surface area contributed by atoms with Crippen LogP contribution >= 0.6 is 0 Å². The zero-order valence-electron chi connectivity index (χ0n) is 14.6. The molecule has 4 rings (SSSR count). The van der Waals surface area contributed by atoms with Crippen LogP contribution in [0, 0.1) is 5.92 Å². The molecular weight excluding hydrogens is 320 g/mol. The van der Waals surface area contributed by atoms with E-state index in [4.69, 9.17) is 4.74 Å². The highest BCUT2D eigenvalue weighted by Gasteiger charge is 2.32. The van der Waals surface area contributed by atoms with E-state index in [2.05, 4.69) is 10.4 Å². The third-order valence-electron chi connectivity index (χ3n) is 5.50. The third-order valence-corrected chi connectivity index (χ3v) is 5.50. The fourth-order valence-corrected chi connectivity index (χ4v) is 3.94. The second kappa shape index (κ2) is 7.15. The summed E-state index contributed by atoms with van der Waals surface area (Å²) < 4.78 is 6.91. The van der Waals surface area contributed by atoms with E-state index in [1.165, 1.54) is 0 Å².